The first-order valence-electron chi connectivity index (χ1n) is 5.55. The average Bonchev–Trinajstić information content (AvgIpc) is 2.83. The lowest BCUT2D eigenvalue weighted by Crippen LogP contribution is -2.03. The molecule has 0 saturated heterocycles. The maximum absolute atomic E-state index is 13.2. The molecule has 0 amide bonds. The molecule has 3 aromatic heterocycles. The van der Waals surface area contributed by atoms with E-state index in [0.717, 1.165) is 12.4 Å². The number of pyridine rings is 1. The Labute approximate surface area is 111 Å². The molecule has 20 heavy (non-hydrogen) atoms. The van der Waals surface area contributed by atoms with Gasteiger partial charge in [0.25, 0.3) is 0 Å². The van der Waals surface area contributed by atoms with Crippen LogP contribution in [-0.4, -0.2) is 30.7 Å². The number of fused-ring (bicyclic) bond motifs is 1. The molecule has 3 aromatic rings. The number of carboxylic acids is 1. The van der Waals surface area contributed by atoms with Gasteiger partial charge in [-0.25, -0.2) is 14.2 Å². The molecule has 0 fully saturated rings. The molecule has 7 nitrogen and oxygen atoms in total. The number of aromatic nitrogens is 4. The van der Waals surface area contributed by atoms with Crippen molar-refractivity contribution in [3.05, 3.63) is 42.1 Å². The number of carbonyl (C=O) groups is 1. The largest absolute Gasteiger partial charge is 0.477 e. The van der Waals surface area contributed by atoms with E-state index in [1.54, 1.807) is 0 Å². The second-order valence-electron chi connectivity index (χ2n) is 4.06. The van der Waals surface area contributed by atoms with Gasteiger partial charge in [0.1, 0.15) is 17.2 Å². The summed E-state index contributed by atoms with van der Waals surface area (Å²) < 4.78 is 14.4. The van der Waals surface area contributed by atoms with Gasteiger partial charge in [0.05, 0.1) is 18.1 Å². The standard InChI is InChI=1S/C12H8FN5O2/c13-7-1-6(3-15-4-7)9-2-10(14)18-11(17-9)8(5-16-18)12(19)20/h1-5H,14H2,(H,19,20). The number of hydrogen-bond acceptors (Lipinski definition) is 5. The van der Waals surface area contributed by atoms with Crippen LogP contribution in [0.1, 0.15) is 10.4 Å². The van der Waals surface area contributed by atoms with Crippen LogP contribution in [0.5, 0.6) is 0 Å². The molecule has 0 spiro atoms. The monoisotopic (exact) mass is 273 g/mol. The molecule has 0 aromatic carbocycles. The first kappa shape index (κ1) is 12.0. The number of carboxylic acid groups (broad SMARTS) is 1. The van der Waals surface area contributed by atoms with Crippen molar-refractivity contribution in [3.8, 4) is 11.3 Å². The number of nitrogen functional groups attached to an aromatic ring is 1. The molecule has 3 N–H and O–H groups in total. The third kappa shape index (κ3) is 1.83. The third-order valence-electron chi connectivity index (χ3n) is 2.73. The molecule has 3 heterocycles. The first-order chi connectivity index (χ1) is 9.56. The molecule has 100 valence electrons. The van der Waals surface area contributed by atoms with Gasteiger partial charge in [-0.3, -0.25) is 4.98 Å². The lowest BCUT2D eigenvalue weighted by molar-refractivity contribution is 0.0699. The van der Waals surface area contributed by atoms with E-state index < -0.39 is 11.8 Å². The molecule has 0 bridgehead atoms. The fourth-order valence-corrected chi connectivity index (χ4v) is 1.84. The number of nitrogens with two attached hydrogens (primary N) is 1. The maximum Gasteiger partial charge on any atom is 0.341 e. The molecular formula is C12H8FN5O2. The summed E-state index contributed by atoms with van der Waals surface area (Å²) in [5.41, 5.74) is 6.54. The highest BCUT2D eigenvalue weighted by molar-refractivity contribution is 5.94. The summed E-state index contributed by atoms with van der Waals surface area (Å²) in [4.78, 5) is 19.0. The number of rotatable bonds is 2. The molecule has 0 atom stereocenters. The van der Waals surface area contributed by atoms with Gasteiger partial charge >= 0.3 is 5.97 Å². The topological polar surface area (TPSA) is 106 Å². The summed E-state index contributed by atoms with van der Waals surface area (Å²) in [5.74, 6) is -1.49. The third-order valence-corrected chi connectivity index (χ3v) is 2.73. The summed E-state index contributed by atoms with van der Waals surface area (Å²) in [6.07, 6.45) is 3.64. The number of hydrogen-bond donors (Lipinski definition) is 2. The predicted octanol–water partition coefficient (Wildman–Crippen LogP) is 1.21. The second kappa shape index (κ2) is 4.26. The highest BCUT2D eigenvalue weighted by Crippen LogP contribution is 2.22. The quantitative estimate of drug-likeness (QED) is 0.726. The number of anilines is 1. The van der Waals surface area contributed by atoms with Crippen molar-refractivity contribution in [2.24, 2.45) is 0 Å². The maximum atomic E-state index is 13.2. The van der Waals surface area contributed by atoms with Gasteiger partial charge in [-0.1, -0.05) is 0 Å². The Kier molecular flexibility index (Phi) is 2.56. The number of nitrogens with zero attached hydrogens (tertiary/aromatic N) is 4. The van der Waals surface area contributed by atoms with Crippen LogP contribution < -0.4 is 5.73 Å². The van der Waals surface area contributed by atoms with Crippen molar-refractivity contribution in [2.75, 3.05) is 5.73 Å². The Morgan fingerprint density at radius 3 is 2.80 bits per heavy atom. The SMILES string of the molecule is Nc1cc(-c2cncc(F)c2)nc2c(C(=O)O)cnn12. The van der Waals surface area contributed by atoms with Crippen LogP contribution in [0.25, 0.3) is 16.9 Å². The Morgan fingerprint density at radius 2 is 2.10 bits per heavy atom. The predicted molar refractivity (Wildman–Crippen MR) is 67.5 cm³/mol. The summed E-state index contributed by atoms with van der Waals surface area (Å²) in [5, 5.41) is 12.9. The molecule has 0 aliphatic carbocycles. The Bertz CT molecular complexity index is 830. The van der Waals surface area contributed by atoms with E-state index in [0.29, 0.717) is 11.3 Å². The van der Waals surface area contributed by atoms with Gasteiger partial charge in [-0.05, 0) is 6.07 Å². The van der Waals surface area contributed by atoms with Crippen molar-refractivity contribution in [1.82, 2.24) is 19.6 Å². The zero-order chi connectivity index (χ0) is 14.3. The fraction of sp³-hybridized carbons (Fsp3) is 0. The summed E-state index contributed by atoms with van der Waals surface area (Å²) in [6, 6.07) is 2.71. The van der Waals surface area contributed by atoms with Crippen molar-refractivity contribution in [1.29, 1.82) is 0 Å². The molecule has 0 aliphatic rings. The zero-order valence-corrected chi connectivity index (χ0v) is 9.99. The molecule has 3 rings (SSSR count). The van der Waals surface area contributed by atoms with Crippen molar-refractivity contribution < 1.29 is 14.3 Å². The minimum absolute atomic E-state index is 0.0806. The van der Waals surface area contributed by atoms with Crippen LogP contribution in [0.15, 0.2) is 30.7 Å². The van der Waals surface area contributed by atoms with Crippen LogP contribution in [0.3, 0.4) is 0 Å². The minimum Gasteiger partial charge on any atom is -0.477 e. The van der Waals surface area contributed by atoms with Crippen molar-refractivity contribution in [2.45, 2.75) is 0 Å². The molecule has 0 saturated carbocycles. The highest BCUT2D eigenvalue weighted by Gasteiger charge is 2.16. The number of aromatic carboxylic acids is 1. The fourth-order valence-electron chi connectivity index (χ4n) is 1.84. The van der Waals surface area contributed by atoms with Crippen molar-refractivity contribution >= 4 is 17.4 Å². The smallest absolute Gasteiger partial charge is 0.341 e. The van der Waals surface area contributed by atoms with E-state index in [4.69, 9.17) is 10.8 Å². The molecule has 0 unspecified atom stereocenters. The van der Waals surface area contributed by atoms with E-state index in [9.17, 15) is 9.18 Å². The number of halogens is 1. The summed E-state index contributed by atoms with van der Waals surface area (Å²) >= 11 is 0. The Morgan fingerprint density at radius 1 is 1.30 bits per heavy atom. The van der Waals surface area contributed by atoms with E-state index in [-0.39, 0.29) is 17.0 Å². The minimum atomic E-state index is -1.17. The Hall–Kier alpha value is -3.03. The normalized spacial score (nSPS) is 10.8. The first-order valence-corrected chi connectivity index (χ1v) is 5.55. The van der Waals surface area contributed by atoms with E-state index >= 15 is 0 Å². The van der Waals surface area contributed by atoms with Gasteiger partial charge in [0.15, 0.2) is 5.65 Å². The lowest BCUT2D eigenvalue weighted by atomic mass is 10.2. The van der Waals surface area contributed by atoms with E-state index in [1.165, 1.54) is 22.8 Å². The Balaban J connectivity index is 2.27. The van der Waals surface area contributed by atoms with E-state index in [2.05, 4.69) is 15.1 Å². The van der Waals surface area contributed by atoms with Crippen LogP contribution in [0, 0.1) is 5.82 Å². The van der Waals surface area contributed by atoms with Crippen LogP contribution in [0.4, 0.5) is 10.2 Å². The van der Waals surface area contributed by atoms with Crippen LogP contribution in [-0.2, 0) is 0 Å². The molecular weight excluding hydrogens is 265 g/mol. The van der Waals surface area contributed by atoms with Gasteiger partial charge in [-0.2, -0.15) is 9.61 Å². The molecule has 8 heteroatoms. The summed E-state index contributed by atoms with van der Waals surface area (Å²) in [6.45, 7) is 0. The van der Waals surface area contributed by atoms with Gasteiger partial charge in [0, 0.05) is 17.8 Å². The van der Waals surface area contributed by atoms with Crippen LogP contribution >= 0.6 is 0 Å². The highest BCUT2D eigenvalue weighted by atomic mass is 19.1. The average molecular weight is 273 g/mol. The van der Waals surface area contributed by atoms with Crippen molar-refractivity contribution in [3.63, 3.8) is 0 Å². The zero-order valence-electron chi connectivity index (χ0n) is 9.99. The summed E-state index contributed by atoms with van der Waals surface area (Å²) in [7, 11) is 0. The van der Waals surface area contributed by atoms with E-state index in [1.807, 2.05) is 0 Å². The molecule has 0 aliphatic heterocycles. The van der Waals surface area contributed by atoms with Crippen LogP contribution in [0.2, 0.25) is 0 Å². The van der Waals surface area contributed by atoms with Gasteiger partial charge < -0.3 is 10.8 Å². The second-order valence-corrected chi connectivity index (χ2v) is 4.06. The van der Waals surface area contributed by atoms with Gasteiger partial charge in [0.2, 0.25) is 0 Å². The lowest BCUT2D eigenvalue weighted by Gasteiger charge is -2.04. The molecule has 0 radical (unpaired) electrons. The van der Waals surface area contributed by atoms with Gasteiger partial charge in [-0.15, -0.1) is 0 Å².